The van der Waals surface area contributed by atoms with E-state index >= 15 is 0 Å². The van der Waals surface area contributed by atoms with E-state index in [0.29, 0.717) is 18.1 Å². The first-order chi connectivity index (χ1) is 21.4. The van der Waals surface area contributed by atoms with Crippen molar-refractivity contribution in [1.82, 2.24) is 19.6 Å². The maximum absolute atomic E-state index is 14.0. The number of anilines is 2. The van der Waals surface area contributed by atoms with Crippen LogP contribution in [0, 0.1) is 11.3 Å². The molecule has 3 aromatic rings. The number of piperidine rings is 1. The number of nitrogens with one attached hydrogen (secondary N) is 2. The molecule has 0 radical (unpaired) electrons. The molecule has 0 spiro atoms. The van der Waals surface area contributed by atoms with Gasteiger partial charge in [-0.15, -0.1) is 0 Å². The topological polar surface area (TPSA) is 145 Å². The number of carbonyl (C=O) groups is 2. The molecule has 1 amide bonds. The van der Waals surface area contributed by atoms with Crippen LogP contribution in [-0.2, 0) is 14.8 Å². The zero-order valence-corrected chi connectivity index (χ0v) is 26.8. The molecule has 3 N–H and O–H groups in total. The lowest BCUT2D eigenvalue weighted by Gasteiger charge is -2.44. The molecule has 5 rings (SSSR count). The standard InChI is InChI=1S/C33H42N6O5S/c1-32(2,3)33(30(41)42,37-45(43,44)28-8-5-4-6-9-28)23-39(22-24-10-11-24)29(40)25-12-14-27(15-13-25)38-20-16-26(17-21-38)36-31-34-18-7-19-35-31/h4-9,12-15,18-19,24,26,37H,10-11,16-17,20-23H2,1-3H3,(H,41,42)(H,34,35,36)/t33-/m0/s1. The molecule has 1 aliphatic heterocycles. The van der Waals surface area contributed by atoms with Crippen molar-refractivity contribution < 1.29 is 23.1 Å². The first kappa shape index (κ1) is 32.4. The van der Waals surface area contributed by atoms with Crippen LogP contribution in [0.4, 0.5) is 11.6 Å². The Bertz CT molecular complexity index is 1570. The van der Waals surface area contributed by atoms with Gasteiger partial charge in [-0.25, -0.2) is 18.4 Å². The van der Waals surface area contributed by atoms with Gasteiger partial charge in [0.1, 0.15) is 0 Å². The summed E-state index contributed by atoms with van der Waals surface area (Å²) in [5.74, 6) is -0.786. The van der Waals surface area contributed by atoms with Gasteiger partial charge in [0, 0.05) is 49.3 Å². The van der Waals surface area contributed by atoms with Crippen LogP contribution in [-0.4, -0.2) is 78.0 Å². The van der Waals surface area contributed by atoms with Crippen LogP contribution in [0.5, 0.6) is 0 Å². The minimum absolute atomic E-state index is 0.0382. The molecule has 12 heteroatoms. The third kappa shape index (κ3) is 7.62. The first-order valence-corrected chi connectivity index (χ1v) is 16.9. The molecule has 1 saturated heterocycles. The van der Waals surface area contributed by atoms with Crippen LogP contribution < -0.4 is 14.9 Å². The predicted octanol–water partition coefficient (Wildman–Crippen LogP) is 4.26. The van der Waals surface area contributed by atoms with E-state index in [0.717, 1.165) is 44.5 Å². The van der Waals surface area contributed by atoms with E-state index in [4.69, 9.17) is 0 Å². The number of carbonyl (C=O) groups excluding carboxylic acids is 1. The van der Waals surface area contributed by atoms with E-state index in [-0.39, 0.29) is 29.3 Å². The van der Waals surface area contributed by atoms with Gasteiger partial charge in [-0.3, -0.25) is 9.59 Å². The van der Waals surface area contributed by atoms with Gasteiger partial charge in [-0.05, 0) is 79.5 Å². The highest BCUT2D eigenvalue weighted by Gasteiger charge is 2.53. The summed E-state index contributed by atoms with van der Waals surface area (Å²) in [6, 6.07) is 17.1. The second-order valence-corrected chi connectivity index (χ2v) is 14.7. The molecule has 240 valence electrons. The van der Waals surface area contributed by atoms with Gasteiger partial charge in [0.2, 0.25) is 16.0 Å². The largest absolute Gasteiger partial charge is 0.480 e. The lowest BCUT2D eigenvalue weighted by molar-refractivity contribution is -0.149. The number of carboxylic acids is 1. The summed E-state index contributed by atoms with van der Waals surface area (Å²) in [6.45, 7) is 6.73. The van der Waals surface area contributed by atoms with Crippen molar-refractivity contribution in [3.8, 4) is 0 Å². The van der Waals surface area contributed by atoms with Crippen molar-refractivity contribution in [2.75, 3.05) is 36.4 Å². The molecule has 11 nitrogen and oxygen atoms in total. The van der Waals surface area contributed by atoms with Crippen molar-refractivity contribution >= 4 is 33.5 Å². The maximum Gasteiger partial charge on any atom is 0.327 e. The third-order valence-electron chi connectivity index (χ3n) is 8.77. The Kier molecular flexibility index (Phi) is 9.45. The third-order valence-corrected chi connectivity index (χ3v) is 10.3. The molecule has 1 aromatic heterocycles. The fourth-order valence-electron chi connectivity index (χ4n) is 5.70. The molecule has 1 aliphatic carbocycles. The number of nitrogens with zero attached hydrogens (tertiary/aromatic N) is 4. The van der Waals surface area contributed by atoms with Crippen LogP contribution >= 0.6 is 0 Å². The average Bonchev–Trinajstić information content (AvgIpc) is 3.85. The Morgan fingerprint density at radius 2 is 1.56 bits per heavy atom. The maximum atomic E-state index is 14.0. The number of hydrogen-bond acceptors (Lipinski definition) is 8. The molecular weight excluding hydrogens is 592 g/mol. The summed E-state index contributed by atoms with van der Waals surface area (Å²) in [5.41, 5.74) is -1.65. The second-order valence-electron chi connectivity index (χ2n) is 13.0. The van der Waals surface area contributed by atoms with Crippen molar-refractivity contribution in [3.63, 3.8) is 0 Å². The quantitative estimate of drug-likeness (QED) is 0.266. The number of rotatable bonds is 12. The Labute approximate surface area is 265 Å². The van der Waals surface area contributed by atoms with Crippen LogP contribution in [0.1, 0.15) is 56.8 Å². The van der Waals surface area contributed by atoms with E-state index < -0.39 is 26.9 Å². The van der Waals surface area contributed by atoms with E-state index in [1.807, 2.05) is 12.1 Å². The van der Waals surface area contributed by atoms with Crippen LogP contribution in [0.3, 0.4) is 0 Å². The zero-order valence-electron chi connectivity index (χ0n) is 26.0. The smallest absolute Gasteiger partial charge is 0.327 e. The normalized spacial score (nSPS) is 17.4. The van der Waals surface area contributed by atoms with Gasteiger partial charge in [0.05, 0.1) is 11.4 Å². The van der Waals surface area contributed by atoms with Gasteiger partial charge in [-0.1, -0.05) is 39.0 Å². The number of amides is 1. The molecule has 0 unspecified atom stereocenters. The SMILES string of the molecule is CC(C)(C)[C@@](CN(CC1CC1)C(=O)c1ccc(N2CCC(Nc3ncccn3)CC2)cc1)(NS(=O)(=O)c1ccccc1)C(=O)O. The molecule has 1 atom stereocenters. The van der Waals surface area contributed by atoms with Crippen molar-refractivity contribution in [3.05, 3.63) is 78.6 Å². The number of benzene rings is 2. The minimum atomic E-state index is -4.22. The Hall–Kier alpha value is -4.03. The predicted molar refractivity (Wildman–Crippen MR) is 173 cm³/mol. The Morgan fingerprint density at radius 1 is 0.933 bits per heavy atom. The van der Waals surface area contributed by atoms with E-state index in [1.54, 1.807) is 69.6 Å². The number of hydrogen-bond donors (Lipinski definition) is 3. The molecule has 2 fully saturated rings. The van der Waals surface area contributed by atoms with Gasteiger partial charge in [0.15, 0.2) is 5.54 Å². The van der Waals surface area contributed by atoms with Gasteiger partial charge in [0.25, 0.3) is 5.91 Å². The number of aliphatic carboxylic acids is 1. The first-order valence-electron chi connectivity index (χ1n) is 15.4. The monoisotopic (exact) mass is 634 g/mol. The highest BCUT2D eigenvalue weighted by Crippen LogP contribution is 2.36. The molecule has 2 aromatic carbocycles. The van der Waals surface area contributed by atoms with Crippen LogP contribution in [0.15, 0.2) is 78.0 Å². The van der Waals surface area contributed by atoms with Crippen molar-refractivity contribution in [1.29, 1.82) is 0 Å². The zero-order chi connectivity index (χ0) is 32.2. The summed E-state index contributed by atoms with van der Waals surface area (Å²) in [5, 5.41) is 14.0. The molecule has 2 heterocycles. The number of aromatic nitrogens is 2. The minimum Gasteiger partial charge on any atom is -0.480 e. The second kappa shape index (κ2) is 13.1. The summed E-state index contributed by atoms with van der Waals surface area (Å²) in [7, 11) is -4.22. The average molecular weight is 635 g/mol. The van der Waals surface area contributed by atoms with E-state index in [2.05, 4.69) is 24.9 Å². The lowest BCUT2D eigenvalue weighted by atomic mass is 9.73. The highest BCUT2D eigenvalue weighted by molar-refractivity contribution is 7.89. The van der Waals surface area contributed by atoms with Gasteiger partial charge < -0.3 is 20.2 Å². The van der Waals surface area contributed by atoms with Crippen LogP contribution in [0.2, 0.25) is 0 Å². The number of carboxylic acid groups (broad SMARTS) is 1. The lowest BCUT2D eigenvalue weighted by Crippen LogP contribution is -2.68. The van der Waals surface area contributed by atoms with E-state index in [1.165, 1.54) is 17.0 Å². The highest BCUT2D eigenvalue weighted by atomic mass is 32.2. The summed E-state index contributed by atoms with van der Waals surface area (Å²) >= 11 is 0. The molecular formula is C33H42N6O5S. The Balaban J connectivity index is 1.33. The molecule has 1 saturated carbocycles. The summed E-state index contributed by atoms with van der Waals surface area (Å²) in [6.07, 6.45) is 7.14. The summed E-state index contributed by atoms with van der Waals surface area (Å²) < 4.78 is 29.4. The van der Waals surface area contributed by atoms with Crippen LogP contribution in [0.25, 0.3) is 0 Å². The van der Waals surface area contributed by atoms with E-state index in [9.17, 15) is 23.1 Å². The van der Waals surface area contributed by atoms with Crippen molar-refractivity contribution in [2.24, 2.45) is 11.3 Å². The fraction of sp³-hybridized carbons (Fsp3) is 0.455. The number of sulfonamides is 1. The molecule has 45 heavy (non-hydrogen) atoms. The molecule has 2 aliphatic rings. The Morgan fingerprint density at radius 3 is 2.11 bits per heavy atom. The fourth-order valence-corrected chi connectivity index (χ4v) is 7.25. The van der Waals surface area contributed by atoms with Gasteiger partial charge >= 0.3 is 5.97 Å². The van der Waals surface area contributed by atoms with Crippen molar-refractivity contribution in [2.45, 2.75) is 62.9 Å². The molecule has 0 bridgehead atoms. The van der Waals surface area contributed by atoms with Gasteiger partial charge in [-0.2, -0.15) is 4.72 Å². The summed E-state index contributed by atoms with van der Waals surface area (Å²) in [4.78, 5) is 39.3.